The maximum Gasteiger partial charge on any atom is 0.0703 e. The van der Waals surface area contributed by atoms with Crippen LogP contribution >= 0.6 is 0 Å². The highest BCUT2D eigenvalue weighted by Gasteiger charge is 2.43. The van der Waals surface area contributed by atoms with E-state index in [0.717, 1.165) is 25.8 Å². The molecule has 0 spiro atoms. The number of rotatable bonds is 5. The SMILES string of the molecule is CCC(NCC1(C#N)CC1)C(C)C. The van der Waals surface area contributed by atoms with Gasteiger partial charge in [-0.15, -0.1) is 0 Å². The molecule has 1 N–H and O–H groups in total. The van der Waals surface area contributed by atoms with Crippen molar-refractivity contribution in [2.45, 2.75) is 46.1 Å². The van der Waals surface area contributed by atoms with E-state index in [-0.39, 0.29) is 5.41 Å². The Kier molecular flexibility index (Phi) is 3.33. The Balaban J connectivity index is 2.29. The van der Waals surface area contributed by atoms with E-state index in [0.29, 0.717) is 12.0 Å². The fraction of sp³-hybridized carbons (Fsp3) is 0.909. The molecule has 0 bridgehead atoms. The van der Waals surface area contributed by atoms with Crippen LogP contribution in [0.3, 0.4) is 0 Å². The van der Waals surface area contributed by atoms with E-state index in [1.165, 1.54) is 0 Å². The zero-order valence-electron chi connectivity index (χ0n) is 8.93. The van der Waals surface area contributed by atoms with Crippen LogP contribution in [0.5, 0.6) is 0 Å². The summed E-state index contributed by atoms with van der Waals surface area (Å²) in [6.45, 7) is 7.55. The second-order valence-corrected chi connectivity index (χ2v) is 4.53. The molecule has 2 heteroatoms. The summed E-state index contributed by atoms with van der Waals surface area (Å²) in [5.41, 5.74) is 0.00229. The molecule has 1 saturated carbocycles. The van der Waals surface area contributed by atoms with Crippen LogP contribution in [0.2, 0.25) is 0 Å². The van der Waals surface area contributed by atoms with Crippen molar-refractivity contribution in [2.24, 2.45) is 11.3 Å². The zero-order valence-corrected chi connectivity index (χ0v) is 8.93. The second kappa shape index (κ2) is 4.11. The van der Waals surface area contributed by atoms with Crippen molar-refractivity contribution in [3.63, 3.8) is 0 Å². The van der Waals surface area contributed by atoms with Gasteiger partial charge in [0.05, 0.1) is 11.5 Å². The molecule has 1 rings (SSSR count). The first kappa shape index (κ1) is 10.5. The molecule has 1 atom stereocenters. The number of nitrogens with zero attached hydrogens (tertiary/aromatic N) is 1. The Morgan fingerprint density at radius 2 is 2.08 bits per heavy atom. The highest BCUT2D eigenvalue weighted by molar-refractivity contribution is 5.11. The molecular formula is C11H20N2. The Labute approximate surface area is 81.3 Å². The Bertz CT molecular complexity index is 199. The van der Waals surface area contributed by atoms with E-state index in [2.05, 4.69) is 32.2 Å². The fourth-order valence-corrected chi connectivity index (χ4v) is 1.66. The largest absolute Gasteiger partial charge is 0.312 e. The van der Waals surface area contributed by atoms with Crippen LogP contribution in [0.1, 0.15) is 40.0 Å². The van der Waals surface area contributed by atoms with Crippen molar-refractivity contribution in [3.05, 3.63) is 0 Å². The maximum absolute atomic E-state index is 8.89. The molecule has 0 aromatic carbocycles. The molecule has 13 heavy (non-hydrogen) atoms. The van der Waals surface area contributed by atoms with Crippen LogP contribution in [0.15, 0.2) is 0 Å². The van der Waals surface area contributed by atoms with Crippen molar-refractivity contribution < 1.29 is 0 Å². The number of nitriles is 1. The summed E-state index contributed by atoms with van der Waals surface area (Å²) in [5.74, 6) is 0.666. The van der Waals surface area contributed by atoms with Gasteiger partial charge in [-0.3, -0.25) is 0 Å². The summed E-state index contributed by atoms with van der Waals surface area (Å²) in [7, 11) is 0. The molecule has 74 valence electrons. The number of nitrogens with one attached hydrogen (secondary N) is 1. The molecule has 0 radical (unpaired) electrons. The van der Waals surface area contributed by atoms with Gasteiger partial charge in [0.15, 0.2) is 0 Å². The van der Waals surface area contributed by atoms with Gasteiger partial charge in [0.2, 0.25) is 0 Å². The zero-order chi connectivity index (χ0) is 9.90. The minimum atomic E-state index is 0.00229. The van der Waals surface area contributed by atoms with Crippen molar-refractivity contribution >= 4 is 0 Å². The minimum Gasteiger partial charge on any atom is -0.312 e. The van der Waals surface area contributed by atoms with Crippen LogP contribution in [0.25, 0.3) is 0 Å². The Hall–Kier alpha value is -0.550. The van der Waals surface area contributed by atoms with Crippen LogP contribution < -0.4 is 5.32 Å². The molecule has 0 saturated heterocycles. The lowest BCUT2D eigenvalue weighted by Crippen LogP contribution is -2.36. The van der Waals surface area contributed by atoms with Gasteiger partial charge in [-0.1, -0.05) is 20.8 Å². The van der Waals surface area contributed by atoms with Crippen LogP contribution in [0.4, 0.5) is 0 Å². The van der Waals surface area contributed by atoms with Crippen LogP contribution in [-0.4, -0.2) is 12.6 Å². The smallest absolute Gasteiger partial charge is 0.0703 e. The van der Waals surface area contributed by atoms with Crippen molar-refractivity contribution in [3.8, 4) is 6.07 Å². The molecule has 1 aliphatic rings. The van der Waals surface area contributed by atoms with E-state index < -0.39 is 0 Å². The van der Waals surface area contributed by atoms with Gasteiger partial charge >= 0.3 is 0 Å². The third kappa shape index (κ3) is 2.70. The summed E-state index contributed by atoms with van der Waals surface area (Å²) in [6, 6.07) is 2.98. The predicted molar refractivity (Wildman–Crippen MR) is 54.2 cm³/mol. The third-order valence-electron chi connectivity index (χ3n) is 3.04. The van der Waals surface area contributed by atoms with Gasteiger partial charge in [-0.05, 0) is 25.2 Å². The topological polar surface area (TPSA) is 35.8 Å². The van der Waals surface area contributed by atoms with Gasteiger partial charge < -0.3 is 5.32 Å². The molecule has 1 fully saturated rings. The molecule has 0 amide bonds. The Morgan fingerprint density at radius 3 is 2.38 bits per heavy atom. The predicted octanol–water partition coefficient (Wildman–Crippen LogP) is 2.31. The first-order chi connectivity index (χ1) is 6.13. The quantitative estimate of drug-likeness (QED) is 0.704. The molecular weight excluding hydrogens is 160 g/mol. The fourth-order valence-electron chi connectivity index (χ4n) is 1.66. The monoisotopic (exact) mass is 180 g/mol. The first-order valence-electron chi connectivity index (χ1n) is 5.28. The van der Waals surface area contributed by atoms with Crippen molar-refractivity contribution in [1.29, 1.82) is 5.26 Å². The third-order valence-corrected chi connectivity index (χ3v) is 3.04. The van der Waals surface area contributed by atoms with Crippen molar-refractivity contribution in [2.75, 3.05) is 6.54 Å². The number of hydrogen-bond donors (Lipinski definition) is 1. The molecule has 1 aliphatic carbocycles. The van der Waals surface area contributed by atoms with Gasteiger partial charge in [-0.25, -0.2) is 0 Å². The van der Waals surface area contributed by atoms with Gasteiger partial charge in [0.1, 0.15) is 0 Å². The lowest BCUT2D eigenvalue weighted by molar-refractivity contribution is 0.368. The lowest BCUT2D eigenvalue weighted by atomic mass is 10.0. The maximum atomic E-state index is 8.89. The standard InChI is InChI=1S/C11H20N2/c1-4-10(9(2)3)13-8-11(7-12)5-6-11/h9-10,13H,4-6,8H2,1-3H3. The van der Waals surface area contributed by atoms with E-state index in [9.17, 15) is 0 Å². The summed E-state index contributed by atoms with van der Waals surface area (Å²) in [4.78, 5) is 0. The average molecular weight is 180 g/mol. The highest BCUT2D eigenvalue weighted by Crippen LogP contribution is 2.44. The molecule has 0 aromatic heterocycles. The second-order valence-electron chi connectivity index (χ2n) is 4.53. The molecule has 0 aromatic rings. The van der Waals surface area contributed by atoms with Gasteiger partial charge in [0.25, 0.3) is 0 Å². The lowest BCUT2D eigenvalue weighted by Gasteiger charge is -2.22. The van der Waals surface area contributed by atoms with Crippen LogP contribution in [-0.2, 0) is 0 Å². The molecule has 1 unspecified atom stereocenters. The normalized spacial score (nSPS) is 21.2. The summed E-state index contributed by atoms with van der Waals surface area (Å²) >= 11 is 0. The van der Waals surface area contributed by atoms with E-state index in [1.54, 1.807) is 0 Å². The molecule has 2 nitrogen and oxygen atoms in total. The first-order valence-corrected chi connectivity index (χ1v) is 5.28. The van der Waals surface area contributed by atoms with Crippen LogP contribution in [0, 0.1) is 22.7 Å². The summed E-state index contributed by atoms with van der Waals surface area (Å²) in [6.07, 6.45) is 3.33. The average Bonchev–Trinajstić information content (AvgIpc) is 2.86. The summed E-state index contributed by atoms with van der Waals surface area (Å²) < 4.78 is 0. The van der Waals surface area contributed by atoms with E-state index in [4.69, 9.17) is 5.26 Å². The Morgan fingerprint density at radius 1 is 1.46 bits per heavy atom. The highest BCUT2D eigenvalue weighted by atomic mass is 14.9. The summed E-state index contributed by atoms with van der Waals surface area (Å²) in [5, 5.41) is 12.4. The van der Waals surface area contributed by atoms with E-state index >= 15 is 0 Å². The molecule has 0 heterocycles. The van der Waals surface area contributed by atoms with Crippen molar-refractivity contribution in [1.82, 2.24) is 5.32 Å². The van der Waals surface area contributed by atoms with E-state index in [1.807, 2.05) is 0 Å². The van der Waals surface area contributed by atoms with Gasteiger partial charge in [-0.2, -0.15) is 5.26 Å². The van der Waals surface area contributed by atoms with Gasteiger partial charge in [0, 0.05) is 12.6 Å². The molecule has 0 aliphatic heterocycles. The number of hydrogen-bond acceptors (Lipinski definition) is 2. The minimum absolute atomic E-state index is 0.00229.